The smallest absolute Gasteiger partial charge is 0.317 e. The summed E-state index contributed by atoms with van der Waals surface area (Å²) in [6.45, 7) is 10.0. The van der Waals surface area contributed by atoms with Crippen molar-refractivity contribution in [2.45, 2.75) is 71.3 Å². The number of unbranched alkanes of at least 4 members (excludes halogenated alkanes) is 6. The van der Waals surface area contributed by atoms with Crippen molar-refractivity contribution in [2.24, 2.45) is 10.7 Å². The Kier molecular flexibility index (Phi) is 25.3. The van der Waals surface area contributed by atoms with Crippen molar-refractivity contribution in [3.05, 3.63) is 0 Å². The maximum absolute atomic E-state index is 12.8. The van der Waals surface area contributed by atoms with Crippen molar-refractivity contribution < 1.29 is 38.9 Å². The first-order valence-electron chi connectivity index (χ1n) is 18.3. The summed E-state index contributed by atoms with van der Waals surface area (Å²) in [4.78, 5) is 71.8. The molecule has 0 aromatic rings. The molecule has 294 valence electrons. The predicted octanol–water partition coefficient (Wildman–Crippen LogP) is -0.442. The van der Waals surface area contributed by atoms with E-state index in [0.717, 1.165) is 64.5 Å². The van der Waals surface area contributed by atoms with Crippen molar-refractivity contribution in [1.29, 1.82) is 0 Å². The lowest BCUT2D eigenvalue weighted by atomic mass is 10.1. The molecule has 1 aliphatic rings. The molecule has 51 heavy (non-hydrogen) atoms. The molecule has 17 heteroatoms. The first-order chi connectivity index (χ1) is 24.4. The Labute approximate surface area is 303 Å². The molecule has 0 aliphatic carbocycles. The van der Waals surface area contributed by atoms with Crippen LogP contribution in [0.4, 0.5) is 0 Å². The number of nitrogens with two attached hydrogens (primary N) is 1. The molecule has 1 atom stereocenters. The fraction of sp³-hybridized carbons (Fsp3) is 0.824. The lowest BCUT2D eigenvalue weighted by Gasteiger charge is -2.32. The van der Waals surface area contributed by atoms with Crippen molar-refractivity contribution in [2.75, 3.05) is 112 Å². The molecular formula is C34H65N9O8. The number of aliphatic imine (C=N–C) groups is 1. The van der Waals surface area contributed by atoms with E-state index < -0.39 is 11.9 Å². The molecule has 1 saturated heterocycles. The van der Waals surface area contributed by atoms with Crippen LogP contribution < -0.4 is 16.4 Å². The Morgan fingerprint density at radius 1 is 0.765 bits per heavy atom. The second-order valence-corrected chi connectivity index (χ2v) is 13.3. The van der Waals surface area contributed by atoms with E-state index in [9.17, 15) is 34.2 Å². The highest BCUT2D eigenvalue weighted by atomic mass is 16.5. The number of ether oxygens (including phenoxy) is 1. The number of nitrogens with zero attached hydrogens (tertiary/aromatic N) is 6. The van der Waals surface area contributed by atoms with E-state index in [0.29, 0.717) is 77.9 Å². The molecule has 0 aromatic carbocycles. The lowest BCUT2D eigenvalue weighted by molar-refractivity contribution is -0.140. The molecule has 1 heterocycles. The summed E-state index contributed by atoms with van der Waals surface area (Å²) in [5.74, 6) is -1.40. The average Bonchev–Trinajstić information content (AvgIpc) is 3.07. The molecule has 0 radical (unpaired) electrons. The van der Waals surface area contributed by atoms with Gasteiger partial charge in [-0.2, -0.15) is 0 Å². The first-order valence-corrected chi connectivity index (χ1v) is 18.3. The number of guanidine groups is 1. The largest absolute Gasteiger partial charge is 0.480 e. The molecule has 1 aliphatic heterocycles. The third-order valence-corrected chi connectivity index (χ3v) is 9.02. The van der Waals surface area contributed by atoms with Crippen LogP contribution in [0.3, 0.4) is 0 Å². The van der Waals surface area contributed by atoms with Gasteiger partial charge in [0, 0.05) is 72.0 Å². The topological polar surface area (TPSA) is 214 Å². The number of rotatable bonds is 25. The van der Waals surface area contributed by atoms with E-state index in [2.05, 4.69) is 20.5 Å². The number of aliphatic carboxylic acids is 2. The number of carbonyl (C=O) groups excluding carboxylic acids is 3. The number of likely N-dealkylation sites (N-methyl/N-ethyl adjacent to an activating group) is 1. The van der Waals surface area contributed by atoms with E-state index in [1.807, 2.05) is 23.8 Å². The Bertz CT molecular complexity index is 1050. The molecule has 0 spiro atoms. The Morgan fingerprint density at radius 3 is 1.75 bits per heavy atom. The molecule has 17 nitrogen and oxygen atoms in total. The van der Waals surface area contributed by atoms with Gasteiger partial charge in [0.15, 0.2) is 5.96 Å². The van der Waals surface area contributed by atoms with E-state index in [1.54, 1.807) is 16.7 Å². The summed E-state index contributed by atoms with van der Waals surface area (Å²) in [6.07, 6.45) is 7.93. The summed E-state index contributed by atoms with van der Waals surface area (Å²) < 4.78 is 4.96. The number of amides is 1. The van der Waals surface area contributed by atoms with Crippen LogP contribution in [0.2, 0.25) is 0 Å². The zero-order chi connectivity index (χ0) is 37.9. The molecule has 1 rings (SSSR count). The van der Waals surface area contributed by atoms with Crippen LogP contribution in [0, 0.1) is 0 Å². The van der Waals surface area contributed by atoms with Gasteiger partial charge in [0.1, 0.15) is 12.5 Å². The van der Waals surface area contributed by atoms with Gasteiger partial charge in [-0.15, -0.1) is 0 Å². The van der Waals surface area contributed by atoms with Crippen LogP contribution in [0.5, 0.6) is 0 Å². The Morgan fingerprint density at radius 2 is 1.24 bits per heavy atom. The fourth-order valence-corrected chi connectivity index (χ4v) is 5.59. The number of carboxylic acid groups (broad SMARTS) is 2. The summed E-state index contributed by atoms with van der Waals surface area (Å²) in [5, 5.41) is 24.9. The zero-order valence-corrected chi connectivity index (χ0v) is 31.2. The van der Waals surface area contributed by atoms with Crippen LogP contribution >= 0.6 is 0 Å². The summed E-state index contributed by atoms with van der Waals surface area (Å²) in [6, 6.07) is -0.0327. The van der Waals surface area contributed by atoms with Gasteiger partial charge in [-0.05, 0) is 53.1 Å². The van der Waals surface area contributed by atoms with Crippen LogP contribution in [0.15, 0.2) is 4.99 Å². The Hall–Kier alpha value is -3.38. The van der Waals surface area contributed by atoms with E-state index >= 15 is 0 Å². The third-order valence-electron chi connectivity index (χ3n) is 9.02. The molecule has 1 amide bonds. The third kappa shape index (κ3) is 24.4. The first kappa shape index (κ1) is 45.6. The number of nitrogens with one attached hydrogen (secondary N) is 2. The molecule has 1 fully saturated rings. The summed E-state index contributed by atoms with van der Waals surface area (Å²) in [5.41, 5.74) is 5.99. The van der Waals surface area contributed by atoms with Crippen molar-refractivity contribution >= 4 is 36.1 Å². The van der Waals surface area contributed by atoms with Gasteiger partial charge in [-0.3, -0.25) is 53.5 Å². The maximum atomic E-state index is 12.8. The van der Waals surface area contributed by atoms with Crippen molar-refractivity contribution in [3.63, 3.8) is 0 Å². The highest BCUT2D eigenvalue weighted by Crippen LogP contribution is 2.05. The summed E-state index contributed by atoms with van der Waals surface area (Å²) >= 11 is 0. The van der Waals surface area contributed by atoms with Crippen LogP contribution in [0.1, 0.15) is 65.2 Å². The minimum absolute atomic E-state index is 0.0327. The van der Waals surface area contributed by atoms with Crippen LogP contribution in [-0.4, -0.2) is 189 Å². The highest BCUT2D eigenvalue weighted by Gasteiger charge is 2.20. The normalized spacial score (nSPS) is 16.9. The van der Waals surface area contributed by atoms with E-state index in [4.69, 9.17) is 10.5 Å². The quantitative estimate of drug-likeness (QED) is 0.0349. The second kappa shape index (κ2) is 28.2. The van der Waals surface area contributed by atoms with Gasteiger partial charge < -0.3 is 31.3 Å². The SMILES string of the molecule is CC(=O)[C@@H](C)N(C)CCCCCCN=C(N)NCCCCCCNC(=O)CN1CCN(COC=O)CCN(CC(=O)O)CCN(CC(=O)O)CC1. The number of hydrogen-bond acceptors (Lipinski definition) is 12. The second-order valence-electron chi connectivity index (χ2n) is 13.3. The number of carboxylic acids is 2. The van der Waals surface area contributed by atoms with Crippen molar-refractivity contribution in [1.82, 2.24) is 35.1 Å². The number of carbonyl (C=O) groups is 5. The van der Waals surface area contributed by atoms with Crippen LogP contribution in [0.25, 0.3) is 0 Å². The molecule has 0 aromatic heterocycles. The number of ketones is 1. The predicted molar refractivity (Wildman–Crippen MR) is 195 cm³/mol. The monoisotopic (exact) mass is 727 g/mol. The zero-order valence-electron chi connectivity index (χ0n) is 31.2. The Balaban J connectivity index is 2.36. The van der Waals surface area contributed by atoms with E-state index in [1.165, 1.54) is 0 Å². The number of hydrogen-bond donors (Lipinski definition) is 5. The van der Waals surface area contributed by atoms with Gasteiger partial charge >= 0.3 is 11.9 Å². The number of Topliss-reactive ketones (excluding diaryl/α,β-unsaturated/α-hetero) is 1. The standard InChI is InChI=1S/C34H65N9O8/c1-29(30(2)45)39(3)15-11-7-6-10-14-38-34(35)37-13-9-5-4-8-12-36-31(46)24-40-16-17-41(25-32(47)48)18-19-42(26-33(49)50)21-23-43(22-20-40)27-51-28-44/h28-29H,4-27H2,1-3H3,(H,36,46)(H,47,48)(H,49,50)(H3,35,37,38)/t29-/m1/s1. The minimum Gasteiger partial charge on any atom is -0.480 e. The van der Waals surface area contributed by atoms with Gasteiger partial charge in [0.2, 0.25) is 5.91 Å². The van der Waals surface area contributed by atoms with E-state index in [-0.39, 0.29) is 44.1 Å². The average molecular weight is 728 g/mol. The van der Waals surface area contributed by atoms with Crippen molar-refractivity contribution in [3.8, 4) is 0 Å². The minimum atomic E-state index is -0.973. The molecular weight excluding hydrogens is 662 g/mol. The lowest BCUT2D eigenvalue weighted by Crippen LogP contribution is -2.49. The van der Waals surface area contributed by atoms with Gasteiger partial charge in [0.25, 0.3) is 6.47 Å². The molecule has 0 saturated carbocycles. The van der Waals surface area contributed by atoms with Crippen LogP contribution in [-0.2, 0) is 28.7 Å². The summed E-state index contributed by atoms with van der Waals surface area (Å²) in [7, 11) is 1.99. The van der Waals surface area contributed by atoms with Gasteiger partial charge in [0.05, 0.1) is 25.7 Å². The maximum Gasteiger partial charge on any atom is 0.317 e. The fourth-order valence-electron chi connectivity index (χ4n) is 5.59. The molecule has 0 unspecified atom stereocenters. The van der Waals surface area contributed by atoms with Gasteiger partial charge in [-0.1, -0.05) is 25.7 Å². The highest BCUT2D eigenvalue weighted by molar-refractivity contribution is 5.81. The van der Waals surface area contributed by atoms with Gasteiger partial charge in [-0.25, -0.2) is 0 Å². The molecule has 0 bridgehead atoms. The molecule has 6 N–H and O–H groups in total.